The van der Waals surface area contributed by atoms with E-state index in [1.54, 1.807) is 0 Å². The summed E-state index contributed by atoms with van der Waals surface area (Å²) in [5.41, 5.74) is 0.807. The smallest absolute Gasteiger partial charge is 0.176 e. The lowest BCUT2D eigenvalue weighted by molar-refractivity contribution is 0.335. The second-order valence-corrected chi connectivity index (χ2v) is 5.37. The molecule has 1 atom stereocenters. The van der Waals surface area contributed by atoms with Crippen LogP contribution in [0.25, 0.3) is 11.0 Å². The maximum Gasteiger partial charge on any atom is 0.176 e. The average molecular weight is 299 g/mol. The normalized spacial score (nSPS) is 12.7. The third kappa shape index (κ3) is 3.02. The lowest BCUT2D eigenvalue weighted by Gasteiger charge is -2.09. The maximum atomic E-state index is 5.99. The van der Waals surface area contributed by atoms with Gasteiger partial charge in [-0.3, -0.25) is 0 Å². The molecule has 4 heteroatoms. The number of benzene rings is 1. The molecule has 0 spiro atoms. The summed E-state index contributed by atoms with van der Waals surface area (Å²) in [7, 11) is 0. The maximum absolute atomic E-state index is 5.99. The van der Waals surface area contributed by atoms with Crippen molar-refractivity contribution in [1.29, 1.82) is 0 Å². The average Bonchev–Trinajstić information content (AvgIpc) is 3.12. The van der Waals surface area contributed by atoms with Crippen molar-refractivity contribution in [1.82, 2.24) is 5.32 Å². The minimum Gasteiger partial charge on any atom is -0.490 e. The quantitative estimate of drug-likeness (QED) is 0.723. The Hall–Kier alpha value is -2.20. The molecule has 0 aliphatic carbocycles. The van der Waals surface area contributed by atoms with E-state index >= 15 is 0 Å². The molecule has 1 aromatic carbocycles. The Morgan fingerprint density at radius 3 is 2.77 bits per heavy atom. The number of nitrogens with one attached hydrogen (secondary N) is 1. The molecule has 0 bridgehead atoms. The van der Waals surface area contributed by atoms with E-state index in [0.29, 0.717) is 13.2 Å². The van der Waals surface area contributed by atoms with Crippen LogP contribution in [0, 0.1) is 6.92 Å². The topological polar surface area (TPSA) is 47.5 Å². The monoisotopic (exact) mass is 299 g/mol. The highest BCUT2D eigenvalue weighted by molar-refractivity contribution is 5.83. The van der Waals surface area contributed by atoms with Gasteiger partial charge in [-0.2, -0.15) is 0 Å². The van der Waals surface area contributed by atoms with Gasteiger partial charge in [0, 0.05) is 5.39 Å². The molecule has 0 fully saturated rings. The van der Waals surface area contributed by atoms with Crippen molar-refractivity contribution in [3.8, 4) is 5.75 Å². The summed E-state index contributed by atoms with van der Waals surface area (Å²) >= 11 is 0. The fourth-order valence-electron chi connectivity index (χ4n) is 2.47. The number of fused-ring (bicyclic) bond motifs is 1. The Morgan fingerprint density at radius 2 is 2.05 bits per heavy atom. The second-order valence-electron chi connectivity index (χ2n) is 5.37. The zero-order valence-corrected chi connectivity index (χ0v) is 13.2. The zero-order chi connectivity index (χ0) is 15.5. The molecular formula is C18H21NO3. The van der Waals surface area contributed by atoms with Crippen molar-refractivity contribution in [2.45, 2.75) is 33.4 Å². The molecule has 4 nitrogen and oxygen atoms in total. The van der Waals surface area contributed by atoms with E-state index in [-0.39, 0.29) is 6.04 Å². The Labute approximate surface area is 130 Å². The van der Waals surface area contributed by atoms with E-state index in [4.69, 9.17) is 13.6 Å². The Balaban J connectivity index is 1.76. The molecule has 1 unspecified atom stereocenters. The van der Waals surface area contributed by atoms with Crippen molar-refractivity contribution in [2.24, 2.45) is 0 Å². The van der Waals surface area contributed by atoms with Gasteiger partial charge in [0.15, 0.2) is 11.3 Å². The summed E-state index contributed by atoms with van der Waals surface area (Å²) in [6.45, 7) is 7.29. The van der Waals surface area contributed by atoms with Crippen molar-refractivity contribution >= 4 is 11.0 Å². The summed E-state index contributed by atoms with van der Waals surface area (Å²) in [4.78, 5) is 0. The lowest BCUT2D eigenvalue weighted by atomic mass is 10.2. The fourth-order valence-corrected chi connectivity index (χ4v) is 2.47. The SMILES string of the molecule is CCOc1cccc2cc(C(C)NCc3ccc(C)o3)oc12. The number of aryl methyl sites for hydroxylation is 1. The largest absolute Gasteiger partial charge is 0.490 e. The standard InChI is InChI=1S/C18H21NO3/c1-4-20-16-7-5-6-14-10-17(22-18(14)16)13(3)19-11-15-9-8-12(2)21-15/h5-10,13,19H,4,11H2,1-3H3. The molecule has 0 saturated carbocycles. The second kappa shape index (κ2) is 6.28. The highest BCUT2D eigenvalue weighted by Crippen LogP contribution is 2.31. The number of para-hydroxylation sites is 1. The molecule has 2 heterocycles. The summed E-state index contributed by atoms with van der Waals surface area (Å²) in [6.07, 6.45) is 0. The minimum atomic E-state index is 0.0901. The predicted octanol–water partition coefficient (Wildman–Crippen LogP) is 4.58. The first-order valence-electron chi connectivity index (χ1n) is 7.61. The van der Waals surface area contributed by atoms with Gasteiger partial charge < -0.3 is 18.9 Å². The number of hydrogen-bond donors (Lipinski definition) is 1. The lowest BCUT2D eigenvalue weighted by Crippen LogP contribution is -2.17. The van der Waals surface area contributed by atoms with Gasteiger partial charge in [-0.25, -0.2) is 0 Å². The molecule has 0 radical (unpaired) electrons. The molecule has 2 aromatic heterocycles. The van der Waals surface area contributed by atoms with Gasteiger partial charge >= 0.3 is 0 Å². The third-order valence-corrected chi connectivity index (χ3v) is 3.63. The molecule has 116 valence electrons. The molecule has 0 aliphatic rings. The van der Waals surface area contributed by atoms with Gasteiger partial charge in [0.05, 0.1) is 19.2 Å². The predicted molar refractivity (Wildman–Crippen MR) is 86.1 cm³/mol. The van der Waals surface area contributed by atoms with Gasteiger partial charge in [-0.15, -0.1) is 0 Å². The first-order valence-corrected chi connectivity index (χ1v) is 7.61. The van der Waals surface area contributed by atoms with Crippen LogP contribution in [0.5, 0.6) is 5.75 Å². The molecule has 0 saturated heterocycles. The van der Waals surface area contributed by atoms with E-state index in [0.717, 1.165) is 34.0 Å². The molecule has 1 N–H and O–H groups in total. The highest BCUT2D eigenvalue weighted by atomic mass is 16.5. The van der Waals surface area contributed by atoms with Crippen LogP contribution in [0.2, 0.25) is 0 Å². The van der Waals surface area contributed by atoms with Gasteiger partial charge in [-0.05, 0) is 45.0 Å². The zero-order valence-electron chi connectivity index (χ0n) is 13.2. The van der Waals surface area contributed by atoms with Gasteiger partial charge in [0.25, 0.3) is 0 Å². The summed E-state index contributed by atoms with van der Waals surface area (Å²) in [6, 6.07) is 12.1. The van der Waals surface area contributed by atoms with Crippen molar-refractivity contribution < 1.29 is 13.6 Å². The molecule has 3 aromatic rings. The van der Waals surface area contributed by atoms with Crippen molar-refractivity contribution in [3.63, 3.8) is 0 Å². The van der Waals surface area contributed by atoms with Crippen LogP contribution >= 0.6 is 0 Å². The van der Waals surface area contributed by atoms with E-state index in [2.05, 4.69) is 18.3 Å². The summed E-state index contributed by atoms with van der Waals surface area (Å²) < 4.78 is 17.2. The van der Waals surface area contributed by atoms with Crippen LogP contribution in [0.15, 0.2) is 45.2 Å². The van der Waals surface area contributed by atoms with E-state index < -0.39 is 0 Å². The van der Waals surface area contributed by atoms with Crippen LogP contribution in [0.3, 0.4) is 0 Å². The van der Waals surface area contributed by atoms with Crippen molar-refractivity contribution in [2.75, 3.05) is 6.61 Å². The number of furan rings is 2. The van der Waals surface area contributed by atoms with Crippen molar-refractivity contribution in [3.05, 3.63) is 53.7 Å². The van der Waals surface area contributed by atoms with E-state index in [1.165, 1.54) is 0 Å². The number of hydrogen-bond acceptors (Lipinski definition) is 4. The van der Waals surface area contributed by atoms with Crippen LogP contribution in [0.1, 0.15) is 37.2 Å². The van der Waals surface area contributed by atoms with Crippen LogP contribution in [-0.2, 0) is 6.54 Å². The minimum absolute atomic E-state index is 0.0901. The summed E-state index contributed by atoms with van der Waals surface area (Å²) in [5.74, 6) is 3.54. The molecular weight excluding hydrogens is 278 g/mol. The van der Waals surface area contributed by atoms with Gasteiger partial charge in [0.1, 0.15) is 17.3 Å². The van der Waals surface area contributed by atoms with Crippen LogP contribution in [0.4, 0.5) is 0 Å². The van der Waals surface area contributed by atoms with Crippen LogP contribution < -0.4 is 10.1 Å². The van der Waals surface area contributed by atoms with Gasteiger partial charge in [-0.1, -0.05) is 12.1 Å². The van der Waals surface area contributed by atoms with E-state index in [9.17, 15) is 0 Å². The van der Waals surface area contributed by atoms with Crippen LogP contribution in [-0.4, -0.2) is 6.61 Å². The van der Waals surface area contributed by atoms with E-state index in [1.807, 2.05) is 44.2 Å². The summed E-state index contributed by atoms with van der Waals surface area (Å²) in [5, 5.41) is 4.47. The number of rotatable bonds is 6. The first-order chi connectivity index (χ1) is 10.7. The third-order valence-electron chi connectivity index (χ3n) is 3.63. The molecule has 0 amide bonds. The highest BCUT2D eigenvalue weighted by Gasteiger charge is 2.14. The Kier molecular flexibility index (Phi) is 4.20. The molecule has 0 aliphatic heterocycles. The van der Waals surface area contributed by atoms with Gasteiger partial charge in [0.2, 0.25) is 0 Å². The fraction of sp³-hybridized carbons (Fsp3) is 0.333. The first kappa shape index (κ1) is 14.7. The molecule has 22 heavy (non-hydrogen) atoms. The molecule has 3 rings (SSSR count). The number of ether oxygens (including phenoxy) is 1. The Bertz CT molecular complexity index is 757. The Morgan fingerprint density at radius 1 is 1.18 bits per heavy atom.